The van der Waals surface area contributed by atoms with Crippen LogP contribution in [0.5, 0.6) is 11.5 Å². The van der Waals surface area contributed by atoms with E-state index in [0.29, 0.717) is 25.0 Å². The van der Waals surface area contributed by atoms with Crippen molar-refractivity contribution in [2.24, 2.45) is 9.98 Å². The third kappa shape index (κ3) is 8.30. The van der Waals surface area contributed by atoms with Crippen LogP contribution in [-0.4, -0.2) is 39.2 Å². The SMILES string of the molecule is COc1cccc(NC(=NCCN=C(Nc2ccccc2)Nc2cccc(OC)c2)Nc2ccccc2)c1. The average Bonchev–Trinajstić information content (AvgIpc) is 2.96. The minimum absolute atomic E-state index is 0.450. The number of rotatable bonds is 9. The minimum Gasteiger partial charge on any atom is -0.497 e. The summed E-state index contributed by atoms with van der Waals surface area (Å²) in [6.07, 6.45) is 0. The van der Waals surface area contributed by atoms with Gasteiger partial charge in [-0.05, 0) is 48.5 Å². The van der Waals surface area contributed by atoms with Gasteiger partial charge in [-0.15, -0.1) is 0 Å². The summed E-state index contributed by atoms with van der Waals surface area (Å²) < 4.78 is 10.7. The standard InChI is InChI=1S/C30H32N6O2/c1-37-27-17-9-15-25(21-27)35-29(33-23-11-5-3-6-12-23)31-19-20-32-30(34-24-13-7-4-8-14-24)36-26-16-10-18-28(22-26)38-2/h3-18,21-22H,19-20H2,1-2H3,(H2,31,33,35)(H2,32,34,36). The van der Waals surface area contributed by atoms with Crippen molar-refractivity contribution < 1.29 is 9.47 Å². The molecule has 0 aliphatic carbocycles. The van der Waals surface area contributed by atoms with Crippen LogP contribution in [0.2, 0.25) is 0 Å². The van der Waals surface area contributed by atoms with Crippen molar-refractivity contribution in [3.8, 4) is 11.5 Å². The summed E-state index contributed by atoms with van der Waals surface area (Å²) in [7, 11) is 3.30. The van der Waals surface area contributed by atoms with Gasteiger partial charge in [-0.2, -0.15) is 0 Å². The molecule has 0 aliphatic heterocycles. The first kappa shape index (κ1) is 26.1. The van der Waals surface area contributed by atoms with Crippen LogP contribution in [0.1, 0.15) is 0 Å². The summed E-state index contributed by atoms with van der Waals surface area (Å²) in [5.74, 6) is 2.74. The van der Waals surface area contributed by atoms with Gasteiger partial charge in [0.1, 0.15) is 11.5 Å². The Kier molecular flexibility index (Phi) is 9.57. The van der Waals surface area contributed by atoms with Crippen molar-refractivity contribution in [1.82, 2.24) is 0 Å². The van der Waals surface area contributed by atoms with E-state index in [9.17, 15) is 0 Å². The molecule has 0 heterocycles. The molecule has 0 amide bonds. The lowest BCUT2D eigenvalue weighted by Gasteiger charge is -2.14. The molecule has 8 heteroatoms. The molecule has 194 valence electrons. The van der Waals surface area contributed by atoms with E-state index in [0.717, 1.165) is 34.2 Å². The predicted molar refractivity (Wildman–Crippen MR) is 158 cm³/mol. The number of para-hydroxylation sites is 2. The van der Waals surface area contributed by atoms with E-state index in [-0.39, 0.29) is 0 Å². The second kappa shape index (κ2) is 13.9. The Labute approximate surface area is 223 Å². The quantitative estimate of drug-likeness (QED) is 0.123. The molecule has 0 aromatic heterocycles. The lowest BCUT2D eigenvalue weighted by molar-refractivity contribution is 0.415. The average molecular weight is 509 g/mol. The molecule has 4 rings (SSSR count). The Morgan fingerprint density at radius 3 is 1.26 bits per heavy atom. The fraction of sp³-hybridized carbons (Fsp3) is 0.133. The van der Waals surface area contributed by atoms with Crippen LogP contribution in [0.25, 0.3) is 0 Å². The summed E-state index contributed by atoms with van der Waals surface area (Å²) >= 11 is 0. The number of ether oxygens (including phenoxy) is 2. The molecule has 0 radical (unpaired) electrons. The minimum atomic E-state index is 0.450. The molecule has 4 aromatic carbocycles. The van der Waals surface area contributed by atoms with E-state index in [1.54, 1.807) is 14.2 Å². The summed E-state index contributed by atoms with van der Waals surface area (Å²) in [6, 6.07) is 35.2. The maximum atomic E-state index is 5.35. The molecule has 0 unspecified atom stereocenters. The normalized spacial score (nSPS) is 11.4. The van der Waals surface area contributed by atoms with Crippen molar-refractivity contribution in [2.45, 2.75) is 0 Å². The molecule has 0 spiro atoms. The smallest absolute Gasteiger partial charge is 0.200 e. The fourth-order valence-corrected chi connectivity index (χ4v) is 3.54. The Hall–Kier alpha value is -4.98. The van der Waals surface area contributed by atoms with Gasteiger partial charge in [0.2, 0.25) is 0 Å². The van der Waals surface area contributed by atoms with Crippen molar-refractivity contribution >= 4 is 34.7 Å². The number of hydrogen-bond acceptors (Lipinski definition) is 4. The lowest BCUT2D eigenvalue weighted by atomic mass is 10.3. The van der Waals surface area contributed by atoms with Crippen LogP contribution in [-0.2, 0) is 0 Å². The summed E-state index contributed by atoms with van der Waals surface area (Å²) in [4.78, 5) is 9.51. The Bertz CT molecular complexity index is 1240. The second-order valence-electron chi connectivity index (χ2n) is 8.16. The van der Waals surface area contributed by atoms with Crippen molar-refractivity contribution in [3.05, 3.63) is 109 Å². The van der Waals surface area contributed by atoms with Gasteiger partial charge in [-0.25, -0.2) is 0 Å². The summed E-state index contributed by atoms with van der Waals surface area (Å²) in [6.45, 7) is 0.901. The van der Waals surface area contributed by atoms with Crippen LogP contribution in [0.3, 0.4) is 0 Å². The molecule has 0 aliphatic rings. The highest BCUT2D eigenvalue weighted by molar-refractivity contribution is 6.04. The first-order chi connectivity index (χ1) is 18.7. The zero-order chi connectivity index (χ0) is 26.4. The van der Waals surface area contributed by atoms with E-state index in [2.05, 4.69) is 21.3 Å². The zero-order valence-electron chi connectivity index (χ0n) is 21.5. The van der Waals surface area contributed by atoms with Crippen LogP contribution >= 0.6 is 0 Å². The molecule has 0 saturated heterocycles. The Morgan fingerprint density at radius 2 is 0.868 bits per heavy atom. The number of nitrogens with zero attached hydrogens (tertiary/aromatic N) is 2. The summed E-state index contributed by atoms with van der Waals surface area (Å²) in [5, 5.41) is 13.4. The van der Waals surface area contributed by atoms with Crippen molar-refractivity contribution in [3.63, 3.8) is 0 Å². The molecule has 8 nitrogen and oxygen atoms in total. The highest BCUT2D eigenvalue weighted by atomic mass is 16.5. The van der Waals surface area contributed by atoms with E-state index in [4.69, 9.17) is 19.5 Å². The van der Waals surface area contributed by atoms with Gasteiger partial charge in [-0.1, -0.05) is 48.5 Å². The number of methoxy groups -OCH3 is 2. The number of aliphatic imine (C=N–C) groups is 2. The second-order valence-corrected chi connectivity index (χ2v) is 8.16. The molecular weight excluding hydrogens is 476 g/mol. The number of nitrogens with one attached hydrogen (secondary N) is 4. The molecule has 0 fully saturated rings. The van der Waals surface area contributed by atoms with Gasteiger partial charge in [0.25, 0.3) is 0 Å². The zero-order valence-corrected chi connectivity index (χ0v) is 21.5. The number of guanidine groups is 2. The number of benzene rings is 4. The Morgan fingerprint density at radius 1 is 0.500 bits per heavy atom. The van der Waals surface area contributed by atoms with Gasteiger partial charge < -0.3 is 30.7 Å². The van der Waals surface area contributed by atoms with E-state index < -0.39 is 0 Å². The predicted octanol–water partition coefficient (Wildman–Crippen LogP) is 6.16. The van der Waals surface area contributed by atoms with Gasteiger partial charge in [-0.3, -0.25) is 9.98 Å². The summed E-state index contributed by atoms with van der Waals surface area (Å²) in [5.41, 5.74) is 3.58. The van der Waals surface area contributed by atoms with Crippen LogP contribution in [0, 0.1) is 0 Å². The first-order valence-electron chi connectivity index (χ1n) is 12.3. The van der Waals surface area contributed by atoms with Gasteiger partial charge >= 0.3 is 0 Å². The van der Waals surface area contributed by atoms with Crippen LogP contribution in [0.4, 0.5) is 22.7 Å². The number of hydrogen-bond donors (Lipinski definition) is 4. The van der Waals surface area contributed by atoms with E-state index >= 15 is 0 Å². The maximum Gasteiger partial charge on any atom is 0.200 e. The molecule has 0 bridgehead atoms. The maximum absolute atomic E-state index is 5.35. The van der Waals surface area contributed by atoms with E-state index in [1.807, 2.05) is 109 Å². The van der Waals surface area contributed by atoms with Gasteiger partial charge in [0, 0.05) is 34.9 Å². The molecular formula is C30H32N6O2. The van der Waals surface area contributed by atoms with Gasteiger partial charge in [0.15, 0.2) is 11.9 Å². The van der Waals surface area contributed by atoms with Crippen LogP contribution in [0.15, 0.2) is 119 Å². The van der Waals surface area contributed by atoms with Crippen molar-refractivity contribution in [2.75, 3.05) is 48.6 Å². The van der Waals surface area contributed by atoms with Gasteiger partial charge in [0.05, 0.1) is 27.3 Å². The van der Waals surface area contributed by atoms with E-state index in [1.165, 1.54) is 0 Å². The van der Waals surface area contributed by atoms with Crippen molar-refractivity contribution in [1.29, 1.82) is 0 Å². The lowest BCUT2D eigenvalue weighted by Crippen LogP contribution is -2.24. The first-order valence-corrected chi connectivity index (χ1v) is 12.3. The largest absolute Gasteiger partial charge is 0.497 e. The highest BCUT2D eigenvalue weighted by Gasteiger charge is 2.05. The molecule has 38 heavy (non-hydrogen) atoms. The number of anilines is 4. The topological polar surface area (TPSA) is 91.3 Å². The van der Waals surface area contributed by atoms with Crippen LogP contribution < -0.4 is 30.7 Å². The third-order valence-corrected chi connectivity index (χ3v) is 5.38. The molecule has 4 N–H and O–H groups in total. The Balaban J connectivity index is 1.50. The third-order valence-electron chi connectivity index (χ3n) is 5.38. The molecule has 0 saturated carbocycles. The fourth-order valence-electron chi connectivity index (χ4n) is 3.54. The monoisotopic (exact) mass is 508 g/mol. The molecule has 0 atom stereocenters. The molecule has 4 aromatic rings. The highest BCUT2D eigenvalue weighted by Crippen LogP contribution is 2.18.